The van der Waals surface area contributed by atoms with Crippen molar-refractivity contribution in [3.8, 4) is 0 Å². The van der Waals surface area contributed by atoms with Crippen LogP contribution in [0.4, 0.5) is 18.9 Å². The van der Waals surface area contributed by atoms with Gasteiger partial charge in [0.1, 0.15) is 0 Å². The fourth-order valence-electron chi connectivity index (χ4n) is 3.95. The number of carbonyl (C=O) groups is 2. The predicted molar refractivity (Wildman–Crippen MR) is 112 cm³/mol. The maximum atomic E-state index is 12.9. The molecule has 4 heterocycles. The normalized spacial score (nSPS) is 21.2. The highest BCUT2D eigenvalue weighted by atomic mass is 32.1. The highest BCUT2D eigenvalue weighted by molar-refractivity contribution is 7.11. The fourth-order valence-corrected chi connectivity index (χ4v) is 4.79. The van der Waals surface area contributed by atoms with Crippen molar-refractivity contribution in [2.24, 2.45) is 12.5 Å². The van der Waals surface area contributed by atoms with E-state index in [2.05, 4.69) is 9.88 Å². The van der Waals surface area contributed by atoms with Crippen LogP contribution in [0.3, 0.4) is 0 Å². The Morgan fingerprint density at radius 3 is 2.50 bits per heavy atom. The average Bonchev–Trinajstić information content (AvgIpc) is 3.13. The quantitative estimate of drug-likeness (QED) is 0.690. The second-order valence-electron chi connectivity index (χ2n) is 7.97. The van der Waals surface area contributed by atoms with Crippen molar-refractivity contribution in [3.05, 3.63) is 44.8 Å². The Morgan fingerprint density at radius 2 is 1.97 bits per heavy atom. The minimum absolute atomic E-state index is 0.0601. The molecule has 4 rings (SSSR count). The zero-order valence-electron chi connectivity index (χ0n) is 17.6. The lowest BCUT2D eigenvalue weighted by Gasteiger charge is -2.53. The molecule has 2 saturated heterocycles. The summed E-state index contributed by atoms with van der Waals surface area (Å²) in [6, 6.07) is 3.26. The van der Waals surface area contributed by atoms with Crippen LogP contribution in [0.25, 0.3) is 0 Å². The molecule has 2 aromatic heterocycles. The summed E-state index contributed by atoms with van der Waals surface area (Å²) >= 11 is 1.73. The summed E-state index contributed by atoms with van der Waals surface area (Å²) in [5.74, 6) is -2.57. The largest absolute Gasteiger partial charge is 0.490 e. The molecule has 0 bridgehead atoms. The van der Waals surface area contributed by atoms with E-state index < -0.39 is 12.1 Å². The summed E-state index contributed by atoms with van der Waals surface area (Å²) in [5, 5.41) is 8.21. The molecule has 2 fully saturated rings. The van der Waals surface area contributed by atoms with Crippen LogP contribution in [0.1, 0.15) is 22.7 Å². The number of hydrogen-bond acceptors (Lipinski definition) is 6. The van der Waals surface area contributed by atoms with Crippen LogP contribution in [0, 0.1) is 12.3 Å². The van der Waals surface area contributed by atoms with Gasteiger partial charge in [-0.25, -0.2) is 9.78 Å². The molecule has 0 radical (unpaired) electrons. The number of aliphatic carboxylic acids is 1. The number of nitrogens with zero attached hydrogens (tertiary/aromatic N) is 4. The molecular formula is C20H23F3N4O4S. The van der Waals surface area contributed by atoms with E-state index in [4.69, 9.17) is 9.90 Å². The van der Waals surface area contributed by atoms with Crippen molar-refractivity contribution in [2.75, 3.05) is 24.5 Å². The number of likely N-dealkylation sites (tertiary alicyclic amines) is 1. The Hall–Kier alpha value is -2.73. The first kappa shape index (κ1) is 23.9. The van der Waals surface area contributed by atoms with E-state index >= 15 is 0 Å². The van der Waals surface area contributed by atoms with Crippen LogP contribution in [0.5, 0.6) is 0 Å². The molecule has 1 unspecified atom stereocenters. The molecular weight excluding hydrogens is 449 g/mol. The highest BCUT2D eigenvalue weighted by Gasteiger charge is 2.54. The van der Waals surface area contributed by atoms with Crippen LogP contribution in [0.2, 0.25) is 0 Å². The maximum Gasteiger partial charge on any atom is 0.490 e. The van der Waals surface area contributed by atoms with Crippen LogP contribution in [-0.4, -0.2) is 57.2 Å². The molecule has 1 spiro atoms. The van der Waals surface area contributed by atoms with Crippen molar-refractivity contribution in [2.45, 2.75) is 32.5 Å². The van der Waals surface area contributed by atoms with Crippen LogP contribution in [-0.2, 0) is 23.2 Å². The van der Waals surface area contributed by atoms with E-state index in [1.807, 2.05) is 13.1 Å². The maximum absolute atomic E-state index is 12.9. The highest BCUT2D eigenvalue weighted by Crippen LogP contribution is 2.42. The number of anilines is 1. The lowest BCUT2D eigenvalue weighted by atomic mass is 9.72. The number of halogens is 3. The summed E-state index contributed by atoms with van der Waals surface area (Å²) in [6.45, 7) is 5.48. The summed E-state index contributed by atoms with van der Waals surface area (Å²) < 4.78 is 33.3. The topological polar surface area (TPSA) is 95.7 Å². The van der Waals surface area contributed by atoms with E-state index in [0.717, 1.165) is 49.7 Å². The van der Waals surface area contributed by atoms with E-state index in [1.165, 1.54) is 15.5 Å². The lowest BCUT2D eigenvalue weighted by Crippen LogP contribution is -2.67. The number of aryl methyl sites for hydroxylation is 2. The number of piperidine rings is 1. The van der Waals surface area contributed by atoms with Gasteiger partial charge in [-0.05, 0) is 32.4 Å². The van der Waals surface area contributed by atoms with E-state index in [1.54, 1.807) is 35.5 Å². The molecule has 2 aliphatic heterocycles. The second-order valence-corrected chi connectivity index (χ2v) is 9.29. The first-order chi connectivity index (χ1) is 14.9. The minimum Gasteiger partial charge on any atom is -0.475 e. The van der Waals surface area contributed by atoms with Gasteiger partial charge < -0.3 is 14.6 Å². The average molecular weight is 472 g/mol. The molecule has 8 nitrogen and oxygen atoms in total. The molecule has 12 heteroatoms. The van der Waals surface area contributed by atoms with E-state index in [9.17, 15) is 22.8 Å². The number of alkyl halides is 3. The molecule has 1 amide bonds. The molecule has 32 heavy (non-hydrogen) atoms. The predicted octanol–water partition coefficient (Wildman–Crippen LogP) is 2.41. The number of carboxylic acids is 1. The molecule has 0 saturated carbocycles. The molecule has 2 aromatic rings. The second kappa shape index (κ2) is 9.02. The zero-order chi connectivity index (χ0) is 23.7. The third-order valence-electron chi connectivity index (χ3n) is 5.49. The summed E-state index contributed by atoms with van der Waals surface area (Å²) in [5.41, 5.74) is 0.496. The Labute approximate surface area is 185 Å². The Kier molecular flexibility index (Phi) is 6.75. The van der Waals surface area contributed by atoms with Crippen molar-refractivity contribution in [1.82, 2.24) is 14.5 Å². The molecule has 1 N–H and O–H groups in total. The third-order valence-corrected chi connectivity index (χ3v) is 6.39. The molecule has 0 aromatic carbocycles. The van der Waals surface area contributed by atoms with Crippen molar-refractivity contribution in [3.63, 3.8) is 0 Å². The lowest BCUT2D eigenvalue weighted by molar-refractivity contribution is -0.192. The van der Waals surface area contributed by atoms with Crippen molar-refractivity contribution in [1.29, 1.82) is 0 Å². The SMILES string of the molecule is Cc1ncc(CN2CCCC3(C2)CN(c2ccc(=O)n(C)c2)C3=O)s1.O=C(O)C(F)(F)F. The van der Waals surface area contributed by atoms with E-state index in [-0.39, 0.29) is 16.9 Å². The smallest absolute Gasteiger partial charge is 0.475 e. The Bertz CT molecular complexity index is 1070. The Balaban J connectivity index is 0.000000360. The fraction of sp³-hybridized carbons (Fsp3) is 0.500. The Morgan fingerprint density at radius 1 is 1.28 bits per heavy atom. The molecule has 1 atom stereocenters. The van der Waals surface area contributed by atoms with Gasteiger partial charge in [0.2, 0.25) is 11.5 Å². The van der Waals surface area contributed by atoms with Gasteiger partial charge in [-0.15, -0.1) is 11.3 Å². The number of hydrogen-bond donors (Lipinski definition) is 1. The van der Waals surface area contributed by atoms with Gasteiger partial charge in [0, 0.05) is 50.0 Å². The zero-order valence-corrected chi connectivity index (χ0v) is 18.4. The van der Waals surface area contributed by atoms with Gasteiger partial charge in [-0.2, -0.15) is 13.2 Å². The number of aromatic nitrogens is 2. The molecule has 0 aliphatic carbocycles. The van der Waals surface area contributed by atoms with Gasteiger partial charge in [0.05, 0.1) is 16.1 Å². The van der Waals surface area contributed by atoms with Gasteiger partial charge in [0.25, 0.3) is 0 Å². The number of pyridine rings is 1. The number of rotatable bonds is 3. The first-order valence-electron chi connectivity index (χ1n) is 9.84. The van der Waals surface area contributed by atoms with Crippen LogP contribution < -0.4 is 10.5 Å². The van der Waals surface area contributed by atoms with Gasteiger partial charge >= 0.3 is 12.1 Å². The van der Waals surface area contributed by atoms with Crippen LogP contribution in [0.15, 0.2) is 29.3 Å². The number of amides is 1. The molecule has 2 aliphatic rings. The summed E-state index contributed by atoms with van der Waals surface area (Å²) in [7, 11) is 1.71. The van der Waals surface area contributed by atoms with Gasteiger partial charge in [-0.3, -0.25) is 14.5 Å². The van der Waals surface area contributed by atoms with Gasteiger partial charge in [0.15, 0.2) is 0 Å². The number of β-lactam (4-membered cyclic amide) rings is 1. The van der Waals surface area contributed by atoms with Crippen LogP contribution >= 0.6 is 11.3 Å². The van der Waals surface area contributed by atoms with Gasteiger partial charge in [-0.1, -0.05) is 0 Å². The minimum atomic E-state index is -5.08. The van der Waals surface area contributed by atoms with Crippen molar-refractivity contribution >= 4 is 28.9 Å². The third kappa shape index (κ3) is 5.18. The van der Waals surface area contributed by atoms with Crippen molar-refractivity contribution < 1.29 is 27.9 Å². The molecule has 174 valence electrons. The summed E-state index contributed by atoms with van der Waals surface area (Å²) in [6.07, 6.45) is 0.603. The standard InChI is InChI=1S/C18H22N4O2S.C2HF3O2/c1-13-19-8-15(25-13)10-21-7-3-6-18(11-21)12-22(17(18)24)14-4-5-16(23)20(2)9-14;3-2(4,5)1(6)7/h4-5,8-9H,3,6-7,10-12H2,1-2H3;(H,6,7). The van der Waals surface area contributed by atoms with E-state index in [0.29, 0.717) is 0 Å². The first-order valence-corrected chi connectivity index (χ1v) is 10.7. The summed E-state index contributed by atoms with van der Waals surface area (Å²) in [4.78, 5) is 43.1. The number of carboxylic acid groups (broad SMARTS) is 1. The monoisotopic (exact) mass is 472 g/mol. The number of carbonyl (C=O) groups excluding carboxylic acids is 1. The number of thiazole rings is 1.